The van der Waals surface area contributed by atoms with E-state index in [-0.39, 0.29) is 0 Å². The second kappa shape index (κ2) is 37.9. The maximum absolute atomic E-state index is 2.28. The number of rotatable bonds is 13. The fourth-order valence-electron chi connectivity index (χ4n) is 14.3. The van der Waals surface area contributed by atoms with Crippen LogP contribution in [-0.4, -0.2) is 0 Å². The third-order valence-corrected chi connectivity index (χ3v) is 20.3. The molecule has 0 spiro atoms. The monoisotopic (exact) mass is 1450 g/mol. The molecule has 0 fully saturated rings. The molecule has 0 aliphatic rings. The van der Waals surface area contributed by atoms with E-state index in [0.29, 0.717) is 0 Å². The Morgan fingerprint density at radius 2 is 0.274 bits per heavy atom. The Morgan fingerprint density at radius 3 is 0.558 bits per heavy atom. The van der Waals surface area contributed by atoms with Crippen molar-refractivity contribution in [3.8, 4) is 145 Å². The fourth-order valence-corrected chi connectivity index (χ4v) is 14.3. The van der Waals surface area contributed by atoms with Crippen molar-refractivity contribution < 1.29 is 0 Å². The SMILES string of the molecule is Cc1cc(-c2ccccc2)cc(-c2cccc(-c3ccccc3)c2)c1.Cc1ccc(-c2cccc(-c3cccc(-c4ccccc4)c3)c2)cc1.Cc1cccc(-c2cccc(-c3cccc(-c4ccccc4)c3)c2)c1.Cc1cccc(-c2cccc(-c3ccccc3)c2)c1.Cc1ccccc1-c1cccc(-c2ccccc2)c1. The molecule has 18 rings (SSSR count). The van der Waals surface area contributed by atoms with Crippen LogP contribution in [0.2, 0.25) is 0 Å². The van der Waals surface area contributed by atoms with Gasteiger partial charge in [0.05, 0.1) is 0 Å². The van der Waals surface area contributed by atoms with Gasteiger partial charge in [-0.05, 0) is 239 Å². The molecule has 0 aliphatic heterocycles. The summed E-state index contributed by atoms with van der Waals surface area (Å²) < 4.78 is 0. The third kappa shape index (κ3) is 20.7. The summed E-state index contributed by atoms with van der Waals surface area (Å²) >= 11 is 0. The lowest BCUT2D eigenvalue weighted by Crippen LogP contribution is -1.85. The van der Waals surface area contributed by atoms with Gasteiger partial charge in [-0.25, -0.2) is 0 Å². The van der Waals surface area contributed by atoms with E-state index in [4.69, 9.17) is 0 Å². The third-order valence-electron chi connectivity index (χ3n) is 20.3. The highest BCUT2D eigenvalue weighted by Gasteiger charge is 2.11. The van der Waals surface area contributed by atoms with Crippen LogP contribution in [-0.2, 0) is 0 Å². The lowest BCUT2D eigenvalue weighted by atomic mass is 9.94. The second-order valence-electron chi connectivity index (χ2n) is 28.8. The summed E-state index contributed by atoms with van der Waals surface area (Å²) in [6, 6.07) is 166. The van der Waals surface area contributed by atoms with Gasteiger partial charge < -0.3 is 0 Å². The lowest BCUT2D eigenvalue weighted by molar-refractivity contribution is 1.46. The first-order valence-corrected chi connectivity index (χ1v) is 39.0. The standard InChI is InChI=1S/3C25H20.2C19H16/c1-19-15-24(21-11-6-3-7-12-21)18-25(16-19)23-14-8-13-22(17-23)20-9-4-2-5-10-20;1-19-8-5-11-21(16-19)23-13-7-15-25(18-23)24-14-6-12-22(17-24)20-9-3-2-4-10-20;1-19-13-15-21(16-14-19)23-10-6-12-25(18-23)24-11-5-9-22(17-24)20-7-3-2-4-8-20;1-15-7-5-10-17(13-15)19-12-6-11-18(14-19)16-8-3-2-4-9-16;1-15-8-5-6-13-19(15)18-12-7-11-17(14-18)16-9-3-2-4-10-16/h3*2-18H,1H3;2*2-14H,1H3. The molecule has 0 aromatic heterocycles. The Hall–Kier alpha value is -14.0. The average Bonchev–Trinajstić information content (AvgIpc) is 0.839. The molecule has 0 amide bonds. The van der Waals surface area contributed by atoms with Crippen molar-refractivity contribution in [1.29, 1.82) is 0 Å². The quantitative estimate of drug-likeness (QED) is 0.108. The highest BCUT2D eigenvalue weighted by Crippen LogP contribution is 2.36. The van der Waals surface area contributed by atoms with E-state index in [2.05, 4.69) is 496 Å². The summed E-state index contributed by atoms with van der Waals surface area (Å²) in [4.78, 5) is 0. The van der Waals surface area contributed by atoms with Crippen molar-refractivity contribution in [3.63, 3.8) is 0 Å². The van der Waals surface area contributed by atoms with Crippen LogP contribution in [0.5, 0.6) is 0 Å². The van der Waals surface area contributed by atoms with Gasteiger partial charge in [0.25, 0.3) is 0 Å². The van der Waals surface area contributed by atoms with E-state index in [1.54, 1.807) is 0 Å². The van der Waals surface area contributed by atoms with Gasteiger partial charge in [0, 0.05) is 0 Å². The van der Waals surface area contributed by atoms with Crippen LogP contribution in [0.3, 0.4) is 0 Å². The second-order valence-corrected chi connectivity index (χ2v) is 28.8. The van der Waals surface area contributed by atoms with Gasteiger partial charge in [0.1, 0.15) is 0 Å². The molecule has 0 heterocycles. The summed E-state index contributed by atoms with van der Waals surface area (Å²) in [5.74, 6) is 0. The topological polar surface area (TPSA) is 0 Å². The summed E-state index contributed by atoms with van der Waals surface area (Å²) in [6.07, 6.45) is 0. The zero-order valence-electron chi connectivity index (χ0n) is 65.0. The van der Waals surface area contributed by atoms with Crippen LogP contribution in [0.4, 0.5) is 0 Å². The Bertz CT molecular complexity index is 6060. The van der Waals surface area contributed by atoms with Crippen molar-refractivity contribution >= 4 is 0 Å². The fraction of sp³-hybridized carbons (Fsp3) is 0.0442. The first kappa shape index (κ1) is 75.8. The van der Waals surface area contributed by atoms with Crippen LogP contribution >= 0.6 is 0 Å². The zero-order chi connectivity index (χ0) is 77.3. The van der Waals surface area contributed by atoms with Crippen LogP contribution < -0.4 is 0 Å². The molecule has 0 saturated carbocycles. The van der Waals surface area contributed by atoms with Gasteiger partial charge in [0.2, 0.25) is 0 Å². The molecule has 0 nitrogen and oxygen atoms in total. The molecule has 0 unspecified atom stereocenters. The van der Waals surface area contributed by atoms with Gasteiger partial charge in [-0.2, -0.15) is 0 Å². The summed E-state index contributed by atoms with van der Waals surface area (Å²) in [5, 5.41) is 0. The number of hydrogen-bond acceptors (Lipinski definition) is 0. The first-order valence-electron chi connectivity index (χ1n) is 39.0. The summed E-state index contributed by atoms with van der Waals surface area (Å²) in [6.45, 7) is 10.7. The van der Waals surface area contributed by atoms with E-state index >= 15 is 0 Å². The van der Waals surface area contributed by atoms with Crippen LogP contribution in [0.1, 0.15) is 27.8 Å². The molecule has 0 aliphatic carbocycles. The van der Waals surface area contributed by atoms with E-state index in [1.807, 2.05) is 6.07 Å². The van der Waals surface area contributed by atoms with Crippen molar-refractivity contribution in [2.24, 2.45) is 0 Å². The normalized spacial score (nSPS) is 10.5. The summed E-state index contributed by atoms with van der Waals surface area (Å²) in [7, 11) is 0. The maximum atomic E-state index is 2.28. The van der Waals surface area contributed by atoms with Crippen molar-refractivity contribution in [2.75, 3.05) is 0 Å². The van der Waals surface area contributed by atoms with Crippen molar-refractivity contribution in [2.45, 2.75) is 34.6 Å². The molecule has 113 heavy (non-hydrogen) atoms. The number of aryl methyl sites for hydroxylation is 5. The molecule has 0 heteroatoms. The Morgan fingerprint density at radius 1 is 0.0973 bits per heavy atom. The molecule has 18 aromatic rings. The lowest BCUT2D eigenvalue weighted by Gasteiger charge is -2.10. The molecular weight excluding hydrogens is 1360 g/mol. The largest absolute Gasteiger partial charge is 0.0622 e. The van der Waals surface area contributed by atoms with Crippen LogP contribution in [0, 0.1) is 34.6 Å². The number of benzene rings is 18. The Labute approximate surface area is 669 Å². The van der Waals surface area contributed by atoms with E-state index in [0.717, 1.165) is 0 Å². The van der Waals surface area contributed by atoms with Crippen molar-refractivity contribution in [1.82, 2.24) is 0 Å². The van der Waals surface area contributed by atoms with E-state index in [9.17, 15) is 0 Å². The molecule has 0 bridgehead atoms. The van der Waals surface area contributed by atoms with Gasteiger partial charge in [-0.15, -0.1) is 0 Å². The average molecular weight is 1450 g/mol. The molecule has 0 saturated heterocycles. The predicted octanol–water partition coefficient (Wildman–Crippen LogP) is 31.6. The Kier molecular flexibility index (Phi) is 25.4. The minimum absolute atomic E-state index is 1.25. The highest BCUT2D eigenvalue weighted by atomic mass is 14.2. The minimum Gasteiger partial charge on any atom is -0.0622 e. The van der Waals surface area contributed by atoms with Crippen LogP contribution in [0.25, 0.3) is 145 Å². The zero-order valence-corrected chi connectivity index (χ0v) is 65.0. The molecule has 0 N–H and O–H groups in total. The first-order chi connectivity index (χ1) is 55.5. The van der Waals surface area contributed by atoms with Gasteiger partial charge in [-0.3, -0.25) is 0 Å². The summed E-state index contributed by atoms with van der Waals surface area (Å²) in [5.41, 5.74) is 39.2. The van der Waals surface area contributed by atoms with Gasteiger partial charge in [0.15, 0.2) is 0 Å². The smallest absolute Gasteiger partial charge is 0.0155 e. The van der Waals surface area contributed by atoms with Gasteiger partial charge in [-0.1, -0.05) is 435 Å². The predicted molar refractivity (Wildman–Crippen MR) is 487 cm³/mol. The molecule has 544 valence electrons. The number of hydrogen-bond donors (Lipinski definition) is 0. The minimum atomic E-state index is 1.25. The Balaban J connectivity index is 0.000000118. The molecule has 18 aromatic carbocycles. The van der Waals surface area contributed by atoms with Crippen LogP contribution in [0.15, 0.2) is 467 Å². The molecule has 0 radical (unpaired) electrons. The van der Waals surface area contributed by atoms with E-state index in [1.165, 1.54) is 172 Å². The maximum Gasteiger partial charge on any atom is -0.0155 e. The van der Waals surface area contributed by atoms with E-state index < -0.39 is 0 Å². The van der Waals surface area contributed by atoms with Gasteiger partial charge >= 0.3 is 0 Å². The highest BCUT2D eigenvalue weighted by molar-refractivity contribution is 5.82. The van der Waals surface area contributed by atoms with Crippen molar-refractivity contribution in [3.05, 3.63) is 495 Å². The molecular formula is C113H92. The molecule has 0 atom stereocenters.